The van der Waals surface area contributed by atoms with Crippen molar-refractivity contribution >= 4 is 0 Å². The Balaban J connectivity index is 1.42. The Labute approximate surface area is 110 Å². The molecular weight excluding hydrogens is 220 g/mol. The number of piperidine rings is 1. The molecular formula is C16H24N2. The third-order valence-corrected chi connectivity index (χ3v) is 4.41. The summed E-state index contributed by atoms with van der Waals surface area (Å²) in [6, 6.07) is 12.5. The molecule has 1 aromatic rings. The van der Waals surface area contributed by atoms with Gasteiger partial charge in [0.15, 0.2) is 0 Å². The smallest absolute Gasteiger partial charge is 0.0233 e. The van der Waals surface area contributed by atoms with Crippen molar-refractivity contribution in [3.8, 4) is 0 Å². The van der Waals surface area contributed by atoms with Gasteiger partial charge in [-0.1, -0.05) is 36.8 Å². The molecule has 1 aliphatic heterocycles. The Hall–Kier alpha value is -0.860. The van der Waals surface area contributed by atoms with Crippen molar-refractivity contribution in [3.63, 3.8) is 0 Å². The maximum Gasteiger partial charge on any atom is 0.0233 e. The van der Waals surface area contributed by atoms with Crippen LogP contribution in [0.25, 0.3) is 0 Å². The number of nitrogens with one attached hydrogen (secondary N) is 1. The topological polar surface area (TPSA) is 15.3 Å². The van der Waals surface area contributed by atoms with Gasteiger partial charge in [-0.2, -0.15) is 0 Å². The first-order valence-electron chi connectivity index (χ1n) is 7.42. The lowest BCUT2D eigenvalue weighted by Gasteiger charge is -2.37. The summed E-state index contributed by atoms with van der Waals surface area (Å²) >= 11 is 0. The highest BCUT2D eigenvalue weighted by Crippen LogP contribution is 2.21. The van der Waals surface area contributed by atoms with E-state index >= 15 is 0 Å². The minimum Gasteiger partial charge on any atom is -0.311 e. The number of benzene rings is 1. The third kappa shape index (κ3) is 3.12. The van der Waals surface area contributed by atoms with Crippen LogP contribution in [0.1, 0.15) is 37.7 Å². The van der Waals surface area contributed by atoms with E-state index in [9.17, 15) is 0 Å². The molecule has 2 nitrogen and oxygen atoms in total. The van der Waals surface area contributed by atoms with Gasteiger partial charge in [0, 0.05) is 18.6 Å². The minimum absolute atomic E-state index is 0.780. The minimum atomic E-state index is 0.780. The van der Waals surface area contributed by atoms with Gasteiger partial charge in [0.25, 0.3) is 0 Å². The maximum absolute atomic E-state index is 3.81. The molecule has 0 spiro atoms. The molecule has 0 radical (unpaired) electrons. The molecule has 2 heteroatoms. The van der Waals surface area contributed by atoms with Crippen molar-refractivity contribution in [2.24, 2.45) is 0 Å². The van der Waals surface area contributed by atoms with Crippen LogP contribution >= 0.6 is 0 Å². The maximum atomic E-state index is 3.81. The standard InChI is InChI=1S/C16H24N2/c1-2-5-14(6-3-1)13-18-11-9-16(10-12-18)17-15-7-4-8-15/h1-3,5-6,15-17H,4,7-13H2. The van der Waals surface area contributed by atoms with E-state index in [1.54, 1.807) is 0 Å². The van der Waals surface area contributed by atoms with E-state index in [0.29, 0.717) is 0 Å². The van der Waals surface area contributed by atoms with E-state index < -0.39 is 0 Å². The molecule has 98 valence electrons. The number of likely N-dealkylation sites (tertiary alicyclic amines) is 1. The second-order valence-corrected chi connectivity index (χ2v) is 5.83. The second kappa shape index (κ2) is 5.85. The lowest BCUT2D eigenvalue weighted by molar-refractivity contribution is 0.171. The van der Waals surface area contributed by atoms with Crippen LogP contribution in [-0.4, -0.2) is 30.1 Å². The van der Waals surface area contributed by atoms with Crippen molar-refractivity contribution in [3.05, 3.63) is 35.9 Å². The first kappa shape index (κ1) is 12.2. The van der Waals surface area contributed by atoms with Crippen LogP contribution in [0, 0.1) is 0 Å². The van der Waals surface area contributed by atoms with Gasteiger partial charge in [-0.15, -0.1) is 0 Å². The second-order valence-electron chi connectivity index (χ2n) is 5.83. The van der Waals surface area contributed by atoms with Crippen LogP contribution in [0.15, 0.2) is 30.3 Å². The van der Waals surface area contributed by atoms with Crippen LogP contribution in [0.5, 0.6) is 0 Å². The summed E-state index contributed by atoms with van der Waals surface area (Å²) in [6.45, 7) is 3.62. The van der Waals surface area contributed by atoms with E-state index in [2.05, 4.69) is 40.5 Å². The quantitative estimate of drug-likeness (QED) is 0.876. The lowest BCUT2D eigenvalue weighted by atomic mass is 9.91. The van der Waals surface area contributed by atoms with Gasteiger partial charge in [0.1, 0.15) is 0 Å². The molecule has 2 aliphatic rings. The fraction of sp³-hybridized carbons (Fsp3) is 0.625. The lowest BCUT2D eigenvalue weighted by Crippen LogP contribution is -2.48. The highest BCUT2D eigenvalue weighted by molar-refractivity contribution is 5.14. The SMILES string of the molecule is c1ccc(CN2CCC(NC3CCC3)CC2)cc1. The van der Waals surface area contributed by atoms with Crippen LogP contribution in [0.4, 0.5) is 0 Å². The molecule has 1 aliphatic carbocycles. The van der Waals surface area contributed by atoms with E-state index in [0.717, 1.165) is 18.6 Å². The molecule has 0 amide bonds. The third-order valence-electron chi connectivity index (χ3n) is 4.41. The first-order valence-corrected chi connectivity index (χ1v) is 7.42. The van der Waals surface area contributed by atoms with E-state index in [1.807, 2.05) is 0 Å². The molecule has 1 heterocycles. The van der Waals surface area contributed by atoms with Gasteiger partial charge in [0.2, 0.25) is 0 Å². The molecule has 18 heavy (non-hydrogen) atoms. The number of hydrogen-bond donors (Lipinski definition) is 1. The van der Waals surface area contributed by atoms with Crippen LogP contribution in [-0.2, 0) is 6.54 Å². The predicted octanol–water partition coefficient (Wildman–Crippen LogP) is 2.79. The Morgan fingerprint density at radius 3 is 2.22 bits per heavy atom. The predicted molar refractivity (Wildman–Crippen MR) is 75.5 cm³/mol. The van der Waals surface area contributed by atoms with Gasteiger partial charge < -0.3 is 5.32 Å². The summed E-state index contributed by atoms with van der Waals surface area (Å²) < 4.78 is 0. The highest BCUT2D eigenvalue weighted by atomic mass is 15.1. The molecule has 0 bridgehead atoms. The molecule has 0 atom stereocenters. The molecule has 0 aromatic heterocycles. The zero-order valence-corrected chi connectivity index (χ0v) is 11.1. The van der Waals surface area contributed by atoms with Crippen molar-refractivity contribution in [2.75, 3.05) is 13.1 Å². The average molecular weight is 244 g/mol. The summed E-state index contributed by atoms with van der Waals surface area (Å²) in [5.74, 6) is 0. The zero-order valence-electron chi connectivity index (χ0n) is 11.1. The van der Waals surface area contributed by atoms with E-state index in [-0.39, 0.29) is 0 Å². The fourth-order valence-electron chi connectivity index (χ4n) is 3.01. The zero-order chi connectivity index (χ0) is 12.2. The monoisotopic (exact) mass is 244 g/mol. The van der Waals surface area contributed by atoms with Crippen molar-refractivity contribution in [2.45, 2.75) is 50.7 Å². The molecule has 1 N–H and O–H groups in total. The van der Waals surface area contributed by atoms with Crippen LogP contribution in [0.2, 0.25) is 0 Å². The normalized spacial score (nSPS) is 22.9. The van der Waals surface area contributed by atoms with Crippen molar-refractivity contribution in [1.29, 1.82) is 0 Å². The Morgan fingerprint density at radius 2 is 1.61 bits per heavy atom. The summed E-state index contributed by atoms with van der Waals surface area (Å²) in [5, 5.41) is 3.81. The average Bonchev–Trinajstić information content (AvgIpc) is 2.37. The summed E-state index contributed by atoms with van der Waals surface area (Å²) in [6.07, 6.45) is 6.89. The fourth-order valence-corrected chi connectivity index (χ4v) is 3.01. The van der Waals surface area contributed by atoms with Crippen LogP contribution in [0.3, 0.4) is 0 Å². The van der Waals surface area contributed by atoms with Gasteiger partial charge in [-0.3, -0.25) is 4.90 Å². The number of nitrogens with zero attached hydrogens (tertiary/aromatic N) is 1. The summed E-state index contributed by atoms with van der Waals surface area (Å²) in [7, 11) is 0. The van der Waals surface area contributed by atoms with E-state index in [4.69, 9.17) is 0 Å². The first-order chi connectivity index (χ1) is 8.90. The van der Waals surface area contributed by atoms with E-state index in [1.165, 1.54) is 50.8 Å². The van der Waals surface area contributed by atoms with Gasteiger partial charge >= 0.3 is 0 Å². The summed E-state index contributed by atoms with van der Waals surface area (Å²) in [5.41, 5.74) is 1.45. The van der Waals surface area contributed by atoms with Gasteiger partial charge in [0.05, 0.1) is 0 Å². The Bertz CT molecular complexity index is 351. The molecule has 2 fully saturated rings. The summed E-state index contributed by atoms with van der Waals surface area (Å²) in [4.78, 5) is 2.59. The largest absolute Gasteiger partial charge is 0.311 e. The van der Waals surface area contributed by atoms with Crippen LogP contribution < -0.4 is 5.32 Å². The molecule has 0 unspecified atom stereocenters. The molecule has 1 aromatic carbocycles. The van der Waals surface area contributed by atoms with Gasteiger partial charge in [-0.25, -0.2) is 0 Å². The number of rotatable bonds is 4. The van der Waals surface area contributed by atoms with Crippen molar-refractivity contribution in [1.82, 2.24) is 10.2 Å². The van der Waals surface area contributed by atoms with Gasteiger partial charge in [-0.05, 0) is 44.3 Å². The molecule has 1 saturated heterocycles. The van der Waals surface area contributed by atoms with Crippen molar-refractivity contribution < 1.29 is 0 Å². The highest BCUT2D eigenvalue weighted by Gasteiger charge is 2.24. The number of hydrogen-bond acceptors (Lipinski definition) is 2. The molecule has 1 saturated carbocycles. The Morgan fingerprint density at radius 1 is 0.944 bits per heavy atom. The Kier molecular flexibility index (Phi) is 3.96. The molecule has 3 rings (SSSR count).